The maximum atomic E-state index is 13.3. The van der Waals surface area contributed by atoms with Crippen LogP contribution in [0.3, 0.4) is 0 Å². The first kappa shape index (κ1) is 19.3. The van der Waals surface area contributed by atoms with Crippen molar-refractivity contribution < 1.29 is 23.8 Å². The molecule has 1 aliphatic heterocycles. The van der Waals surface area contributed by atoms with Crippen LogP contribution >= 0.6 is 0 Å². The molecule has 5 nitrogen and oxygen atoms in total. The lowest BCUT2D eigenvalue weighted by Crippen LogP contribution is -2.49. The number of carbonyl (C=O) groups excluding carboxylic acids is 2. The van der Waals surface area contributed by atoms with Gasteiger partial charge in [0.15, 0.2) is 11.6 Å². The summed E-state index contributed by atoms with van der Waals surface area (Å²) in [5.74, 6) is -1.58. The maximum Gasteiger partial charge on any atom is 0.319 e. The van der Waals surface area contributed by atoms with E-state index in [2.05, 4.69) is 27.0 Å². The van der Waals surface area contributed by atoms with Gasteiger partial charge in [0.1, 0.15) is 5.41 Å². The standard InChI is InChI=1S/C21H30O5/c1-6-8-14-15-10-20(25-12-19(3,4)13-26-20)11-16(15)21(9-7-2,17(14)22)18(23)24-5/h6-7,14-16H,1-2,8-13H2,3-5H3/t14-,15-,16-,21-/m0/s1. The van der Waals surface area contributed by atoms with Crippen LogP contribution in [0.4, 0.5) is 0 Å². The molecule has 0 aromatic rings. The first-order valence-corrected chi connectivity index (χ1v) is 9.38. The Bertz CT molecular complexity index is 612. The van der Waals surface area contributed by atoms with Crippen LogP contribution in [-0.4, -0.2) is 37.9 Å². The third-order valence-electron chi connectivity index (χ3n) is 6.41. The summed E-state index contributed by atoms with van der Waals surface area (Å²) in [6, 6.07) is 0. The highest BCUT2D eigenvalue weighted by Crippen LogP contribution is 2.62. The van der Waals surface area contributed by atoms with Gasteiger partial charge in [-0.25, -0.2) is 0 Å². The molecule has 1 heterocycles. The molecule has 0 aromatic heterocycles. The number of esters is 1. The summed E-state index contributed by atoms with van der Waals surface area (Å²) in [4.78, 5) is 26.1. The molecule has 1 saturated heterocycles. The molecule has 0 aromatic carbocycles. The van der Waals surface area contributed by atoms with Crippen LogP contribution in [-0.2, 0) is 23.8 Å². The zero-order chi connectivity index (χ0) is 19.2. The number of allylic oxidation sites excluding steroid dienone is 2. The molecule has 0 radical (unpaired) electrons. The minimum absolute atomic E-state index is 0.0279. The van der Waals surface area contributed by atoms with Crippen molar-refractivity contribution in [2.24, 2.45) is 28.6 Å². The highest BCUT2D eigenvalue weighted by atomic mass is 16.7. The van der Waals surface area contributed by atoms with Crippen LogP contribution in [0.5, 0.6) is 0 Å². The molecule has 5 heteroatoms. The second-order valence-corrected chi connectivity index (χ2v) is 8.78. The predicted molar refractivity (Wildman–Crippen MR) is 97.2 cm³/mol. The van der Waals surface area contributed by atoms with E-state index in [4.69, 9.17) is 14.2 Å². The van der Waals surface area contributed by atoms with Crippen molar-refractivity contribution in [2.75, 3.05) is 20.3 Å². The van der Waals surface area contributed by atoms with Gasteiger partial charge in [-0.3, -0.25) is 9.59 Å². The summed E-state index contributed by atoms with van der Waals surface area (Å²) < 4.78 is 17.5. The molecule has 4 atom stereocenters. The Hall–Kier alpha value is -1.46. The van der Waals surface area contributed by atoms with Crippen molar-refractivity contribution >= 4 is 11.8 Å². The molecule has 3 fully saturated rings. The molecule has 0 amide bonds. The van der Waals surface area contributed by atoms with Crippen molar-refractivity contribution in [3.05, 3.63) is 25.3 Å². The predicted octanol–water partition coefficient (Wildman–Crippen LogP) is 3.29. The highest BCUT2D eigenvalue weighted by molar-refractivity contribution is 6.07. The van der Waals surface area contributed by atoms with Gasteiger partial charge in [-0.05, 0) is 24.7 Å². The zero-order valence-electron chi connectivity index (χ0n) is 16.1. The van der Waals surface area contributed by atoms with Gasteiger partial charge < -0.3 is 14.2 Å². The van der Waals surface area contributed by atoms with Crippen molar-refractivity contribution in [3.63, 3.8) is 0 Å². The quantitative estimate of drug-likeness (QED) is 0.427. The lowest BCUT2D eigenvalue weighted by Gasteiger charge is -2.43. The van der Waals surface area contributed by atoms with E-state index in [1.165, 1.54) is 7.11 Å². The van der Waals surface area contributed by atoms with E-state index in [1.54, 1.807) is 12.2 Å². The van der Waals surface area contributed by atoms with Gasteiger partial charge in [-0.1, -0.05) is 26.0 Å². The number of carbonyl (C=O) groups is 2. The fourth-order valence-electron chi connectivity index (χ4n) is 5.17. The van der Waals surface area contributed by atoms with Crippen molar-refractivity contribution in [1.29, 1.82) is 0 Å². The Morgan fingerprint density at radius 1 is 1.23 bits per heavy atom. The van der Waals surface area contributed by atoms with E-state index in [-0.39, 0.29) is 35.4 Å². The number of rotatable bonds is 5. The minimum atomic E-state index is -1.18. The Morgan fingerprint density at radius 2 is 1.88 bits per heavy atom. The smallest absolute Gasteiger partial charge is 0.319 e. The number of Topliss-reactive ketones (excluding diaryl/α,β-unsaturated/α-hetero) is 1. The Labute approximate surface area is 155 Å². The Kier molecular flexibility index (Phi) is 4.91. The Balaban J connectivity index is 1.98. The van der Waals surface area contributed by atoms with Gasteiger partial charge in [-0.15, -0.1) is 13.2 Å². The van der Waals surface area contributed by atoms with Crippen molar-refractivity contribution in [3.8, 4) is 0 Å². The summed E-state index contributed by atoms with van der Waals surface area (Å²) in [6.45, 7) is 13.0. The second kappa shape index (κ2) is 6.61. The van der Waals surface area contributed by atoms with Crippen LogP contribution in [0.25, 0.3) is 0 Å². The van der Waals surface area contributed by atoms with Crippen LogP contribution < -0.4 is 0 Å². The number of fused-ring (bicyclic) bond motifs is 1. The Morgan fingerprint density at radius 3 is 2.42 bits per heavy atom. The first-order chi connectivity index (χ1) is 12.2. The number of ether oxygens (including phenoxy) is 3. The van der Waals surface area contributed by atoms with E-state index in [0.717, 1.165) is 0 Å². The van der Waals surface area contributed by atoms with Gasteiger partial charge in [0, 0.05) is 24.2 Å². The van der Waals surface area contributed by atoms with E-state index < -0.39 is 17.2 Å². The number of hydrogen-bond donors (Lipinski definition) is 0. The lowest BCUT2D eigenvalue weighted by molar-refractivity contribution is -0.298. The van der Waals surface area contributed by atoms with Crippen LogP contribution in [0, 0.1) is 28.6 Å². The maximum absolute atomic E-state index is 13.3. The summed E-state index contributed by atoms with van der Waals surface area (Å²) >= 11 is 0. The molecule has 2 saturated carbocycles. The van der Waals surface area contributed by atoms with Crippen LogP contribution in [0.2, 0.25) is 0 Å². The zero-order valence-corrected chi connectivity index (χ0v) is 16.1. The van der Waals surface area contributed by atoms with Gasteiger partial charge >= 0.3 is 5.97 Å². The summed E-state index contributed by atoms with van der Waals surface area (Å²) in [5.41, 5.74) is -1.21. The van der Waals surface area contributed by atoms with Gasteiger partial charge in [0.2, 0.25) is 0 Å². The lowest BCUT2D eigenvalue weighted by atomic mass is 9.72. The van der Waals surface area contributed by atoms with E-state index in [0.29, 0.717) is 32.5 Å². The molecule has 3 aliphatic rings. The largest absolute Gasteiger partial charge is 0.468 e. The molecule has 1 spiro atoms. The van der Waals surface area contributed by atoms with Crippen LogP contribution in [0.15, 0.2) is 25.3 Å². The molecule has 3 rings (SSSR count). The minimum Gasteiger partial charge on any atom is -0.468 e. The molecular weight excluding hydrogens is 332 g/mol. The fraction of sp³-hybridized carbons (Fsp3) is 0.714. The topological polar surface area (TPSA) is 61.8 Å². The molecule has 0 N–H and O–H groups in total. The average molecular weight is 362 g/mol. The van der Waals surface area contributed by atoms with Crippen molar-refractivity contribution in [2.45, 2.75) is 45.3 Å². The summed E-state index contributed by atoms with van der Waals surface area (Å²) in [7, 11) is 1.34. The van der Waals surface area contributed by atoms with E-state index in [1.807, 2.05) is 0 Å². The summed E-state index contributed by atoms with van der Waals surface area (Å²) in [5, 5.41) is 0. The van der Waals surface area contributed by atoms with Crippen LogP contribution in [0.1, 0.15) is 39.5 Å². The molecule has 0 unspecified atom stereocenters. The normalized spacial score (nSPS) is 37.3. The third kappa shape index (κ3) is 2.76. The summed E-state index contributed by atoms with van der Waals surface area (Å²) in [6.07, 6.45) is 5.42. The molecule has 26 heavy (non-hydrogen) atoms. The molecule has 0 bridgehead atoms. The molecular formula is C21H30O5. The van der Waals surface area contributed by atoms with Crippen molar-refractivity contribution in [1.82, 2.24) is 0 Å². The molecule has 144 valence electrons. The second-order valence-electron chi connectivity index (χ2n) is 8.78. The monoisotopic (exact) mass is 362 g/mol. The fourth-order valence-corrected chi connectivity index (χ4v) is 5.17. The molecule has 2 aliphatic carbocycles. The SMILES string of the molecule is C=CC[C@@H]1C(=O)[C@@](CC=C)(C(=O)OC)[C@H]2CC3(C[C@@H]12)OCC(C)(C)CO3. The highest BCUT2D eigenvalue weighted by Gasteiger charge is 2.69. The first-order valence-electron chi connectivity index (χ1n) is 9.38. The third-order valence-corrected chi connectivity index (χ3v) is 6.41. The number of hydrogen-bond acceptors (Lipinski definition) is 5. The van der Waals surface area contributed by atoms with E-state index >= 15 is 0 Å². The number of ketones is 1. The number of methoxy groups -OCH3 is 1. The van der Waals surface area contributed by atoms with Gasteiger partial charge in [0.05, 0.1) is 20.3 Å². The van der Waals surface area contributed by atoms with Gasteiger partial charge in [0.25, 0.3) is 0 Å². The van der Waals surface area contributed by atoms with Gasteiger partial charge in [-0.2, -0.15) is 0 Å². The average Bonchev–Trinajstić information content (AvgIpc) is 3.07. The van der Waals surface area contributed by atoms with E-state index in [9.17, 15) is 9.59 Å².